The van der Waals surface area contributed by atoms with Crippen LogP contribution in [-0.2, 0) is 0 Å². The molecule has 0 aromatic rings. The number of rotatable bonds is 3. The highest BCUT2D eigenvalue weighted by Gasteiger charge is 1.87. The molecule has 0 rings (SSSR count). The van der Waals surface area contributed by atoms with Crippen molar-refractivity contribution in [2.45, 2.75) is 26.7 Å². The first-order valence-electron chi connectivity index (χ1n) is 3.38. The van der Waals surface area contributed by atoms with Gasteiger partial charge < -0.3 is 5.01 Å². The second kappa shape index (κ2) is 4.36. The highest BCUT2D eigenvalue weighted by molar-refractivity contribution is 5.81. The monoisotopic (exact) mass is 128 g/mol. The Balaban J connectivity index is 3.55. The molecule has 0 aliphatic rings. The average Bonchev–Trinajstić information content (AvgIpc) is 1.63. The van der Waals surface area contributed by atoms with Crippen molar-refractivity contribution >= 4 is 5.71 Å². The molecule has 0 aliphatic heterocycles. The molecule has 0 unspecified atom stereocenters. The Morgan fingerprint density at radius 1 is 1.44 bits per heavy atom. The number of hydrogen-bond acceptors (Lipinski definition) is 2. The van der Waals surface area contributed by atoms with Crippen LogP contribution in [0.5, 0.6) is 0 Å². The van der Waals surface area contributed by atoms with Crippen LogP contribution in [0.25, 0.3) is 0 Å². The van der Waals surface area contributed by atoms with E-state index in [0.717, 1.165) is 6.42 Å². The van der Waals surface area contributed by atoms with Crippen LogP contribution in [0, 0.1) is 0 Å². The lowest BCUT2D eigenvalue weighted by molar-refractivity contribution is 0.435. The highest BCUT2D eigenvalue weighted by Crippen LogP contribution is 1.91. The molecule has 0 N–H and O–H groups in total. The minimum absolute atomic E-state index is 1.11. The van der Waals surface area contributed by atoms with Crippen molar-refractivity contribution < 1.29 is 0 Å². The van der Waals surface area contributed by atoms with E-state index in [1.807, 2.05) is 19.1 Å². The normalized spacial score (nSPS) is 11.8. The van der Waals surface area contributed by atoms with E-state index in [9.17, 15) is 0 Å². The first-order valence-corrected chi connectivity index (χ1v) is 3.38. The van der Waals surface area contributed by atoms with Gasteiger partial charge in [0.2, 0.25) is 0 Å². The van der Waals surface area contributed by atoms with Gasteiger partial charge >= 0.3 is 0 Å². The van der Waals surface area contributed by atoms with Crippen molar-refractivity contribution in [2.24, 2.45) is 5.10 Å². The topological polar surface area (TPSA) is 15.6 Å². The third-order valence-electron chi connectivity index (χ3n) is 0.983. The Kier molecular flexibility index (Phi) is 4.10. The molecule has 9 heavy (non-hydrogen) atoms. The molecule has 2 heteroatoms. The van der Waals surface area contributed by atoms with Gasteiger partial charge in [0.15, 0.2) is 0 Å². The predicted molar refractivity (Wildman–Crippen MR) is 41.7 cm³/mol. The quantitative estimate of drug-likeness (QED) is 0.417. The summed E-state index contributed by atoms with van der Waals surface area (Å²) in [5.41, 5.74) is 1.21. The van der Waals surface area contributed by atoms with Gasteiger partial charge in [-0.1, -0.05) is 13.3 Å². The summed E-state index contributed by atoms with van der Waals surface area (Å²) in [4.78, 5) is 0. The molecule has 0 aliphatic carbocycles. The summed E-state index contributed by atoms with van der Waals surface area (Å²) in [6, 6.07) is 0. The van der Waals surface area contributed by atoms with E-state index < -0.39 is 0 Å². The Morgan fingerprint density at radius 2 is 2.00 bits per heavy atom. The SMILES string of the molecule is CCC/C(C)=N/N(C)C. The van der Waals surface area contributed by atoms with E-state index in [-0.39, 0.29) is 0 Å². The number of hydrazone groups is 1. The van der Waals surface area contributed by atoms with Gasteiger partial charge in [-0.25, -0.2) is 0 Å². The fourth-order valence-corrected chi connectivity index (χ4v) is 0.753. The molecule has 0 fully saturated rings. The van der Waals surface area contributed by atoms with E-state index in [0.29, 0.717) is 0 Å². The summed E-state index contributed by atoms with van der Waals surface area (Å²) in [6.07, 6.45) is 2.29. The molecule has 0 radical (unpaired) electrons. The molecule has 0 saturated carbocycles. The first-order chi connectivity index (χ1) is 4.16. The molecule has 0 aromatic heterocycles. The van der Waals surface area contributed by atoms with Gasteiger partial charge in [-0.2, -0.15) is 5.10 Å². The van der Waals surface area contributed by atoms with Crippen LogP contribution in [0.4, 0.5) is 0 Å². The largest absolute Gasteiger partial charge is 0.303 e. The van der Waals surface area contributed by atoms with Gasteiger partial charge in [0.1, 0.15) is 0 Å². The summed E-state index contributed by atoms with van der Waals surface area (Å²) in [7, 11) is 3.89. The van der Waals surface area contributed by atoms with Crippen molar-refractivity contribution in [1.29, 1.82) is 0 Å². The summed E-state index contributed by atoms with van der Waals surface area (Å²) in [6.45, 7) is 4.22. The maximum Gasteiger partial charge on any atom is 0.0349 e. The fraction of sp³-hybridized carbons (Fsp3) is 0.857. The van der Waals surface area contributed by atoms with Crippen molar-refractivity contribution in [3.8, 4) is 0 Å². The van der Waals surface area contributed by atoms with E-state index >= 15 is 0 Å². The van der Waals surface area contributed by atoms with Crippen LogP contribution < -0.4 is 0 Å². The third-order valence-corrected chi connectivity index (χ3v) is 0.983. The van der Waals surface area contributed by atoms with E-state index in [4.69, 9.17) is 0 Å². The van der Waals surface area contributed by atoms with E-state index in [1.165, 1.54) is 12.1 Å². The summed E-state index contributed by atoms with van der Waals surface area (Å²) < 4.78 is 0. The van der Waals surface area contributed by atoms with Gasteiger partial charge in [0, 0.05) is 19.8 Å². The van der Waals surface area contributed by atoms with Crippen LogP contribution in [0.15, 0.2) is 5.10 Å². The van der Waals surface area contributed by atoms with E-state index in [1.54, 1.807) is 0 Å². The lowest BCUT2D eigenvalue weighted by Crippen LogP contribution is -2.05. The van der Waals surface area contributed by atoms with Gasteiger partial charge in [-0.05, 0) is 13.3 Å². The maximum atomic E-state index is 4.22. The molecule has 0 bridgehead atoms. The van der Waals surface area contributed by atoms with Gasteiger partial charge in [-0.3, -0.25) is 0 Å². The number of hydrogen-bond donors (Lipinski definition) is 0. The zero-order valence-electron chi connectivity index (χ0n) is 6.81. The Hall–Kier alpha value is -0.530. The molecule has 0 aromatic carbocycles. The first kappa shape index (κ1) is 8.47. The minimum Gasteiger partial charge on any atom is -0.303 e. The molecule has 2 nitrogen and oxygen atoms in total. The van der Waals surface area contributed by atoms with Crippen molar-refractivity contribution in [3.05, 3.63) is 0 Å². The summed E-state index contributed by atoms with van der Waals surface area (Å²) in [5.74, 6) is 0. The molecule has 0 heterocycles. The average molecular weight is 128 g/mol. The molecule has 0 amide bonds. The van der Waals surface area contributed by atoms with E-state index in [2.05, 4.69) is 18.9 Å². The second-order valence-electron chi connectivity index (χ2n) is 2.43. The Labute approximate surface area is 57.6 Å². The zero-order valence-corrected chi connectivity index (χ0v) is 6.81. The van der Waals surface area contributed by atoms with Crippen molar-refractivity contribution in [2.75, 3.05) is 14.1 Å². The standard InChI is InChI=1S/C7H16N2/c1-5-6-7(2)8-9(3)4/h5-6H2,1-4H3/b8-7+. The Morgan fingerprint density at radius 3 is 2.33 bits per heavy atom. The van der Waals surface area contributed by atoms with Crippen LogP contribution in [0.2, 0.25) is 0 Å². The van der Waals surface area contributed by atoms with Gasteiger partial charge in [0.05, 0.1) is 0 Å². The summed E-state index contributed by atoms with van der Waals surface area (Å²) >= 11 is 0. The lowest BCUT2D eigenvalue weighted by Gasteiger charge is -2.05. The van der Waals surface area contributed by atoms with Crippen LogP contribution in [-0.4, -0.2) is 24.8 Å². The predicted octanol–water partition coefficient (Wildman–Crippen LogP) is 1.72. The minimum atomic E-state index is 1.11. The molecule has 54 valence electrons. The van der Waals surface area contributed by atoms with Crippen molar-refractivity contribution in [1.82, 2.24) is 5.01 Å². The highest BCUT2D eigenvalue weighted by atomic mass is 15.4. The third kappa shape index (κ3) is 5.34. The fourth-order valence-electron chi connectivity index (χ4n) is 0.753. The maximum absolute atomic E-state index is 4.22. The molecule has 0 spiro atoms. The van der Waals surface area contributed by atoms with Crippen molar-refractivity contribution in [3.63, 3.8) is 0 Å². The van der Waals surface area contributed by atoms with Gasteiger partial charge in [0.25, 0.3) is 0 Å². The number of nitrogens with zero attached hydrogens (tertiary/aromatic N) is 2. The van der Waals surface area contributed by atoms with Crippen LogP contribution >= 0.6 is 0 Å². The molecular weight excluding hydrogens is 112 g/mol. The second-order valence-corrected chi connectivity index (χ2v) is 2.43. The van der Waals surface area contributed by atoms with Gasteiger partial charge in [-0.15, -0.1) is 0 Å². The molecular formula is C7H16N2. The molecule has 0 saturated heterocycles. The van der Waals surface area contributed by atoms with Crippen LogP contribution in [0.3, 0.4) is 0 Å². The Bertz CT molecular complexity index is 95.1. The molecule has 0 atom stereocenters. The smallest absolute Gasteiger partial charge is 0.0349 e. The summed E-state index contributed by atoms with van der Waals surface area (Å²) in [5, 5.41) is 6.06. The van der Waals surface area contributed by atoms with Crippen LogP contribution in [0.1, 0.15) is 26.7 Å². The lowest BCUT2D eigenvalue weighted by atomic mass is 10.2. The zero-order chi connectivity index (χ0) is 7.28.